The molecule has 0 bridgehead atoms. The van der Waals surface area contributed by atoms with Crippen molar-refractivity contribution < 1.29 is 26.3 Å². The number of benzene rings is 8. The average Bonchev–Trinajstić information content (AvgIpc) is 3.97. The topological polar surface area (TPSA) is 85.1 Å². The molecule has 10 rings (SSSR count). The summed E-state index contributed by atoms with van der Waals surface area (Å²) in [5, 5.41) is 12.0. The van der Waals surface area contributed by atoms with Gasteiger partial charge in [-0.15, -0.1) is 0 Å². The van der Waals surface area contributed by atoms with E-state index in [1.54, 1.807) is 0 Å². The van der Waals surface area contributed by atoms with Crippen molar-refractivity contribution in [3.63, 3.8) is 0 Å². The van der Waals surface area contributed by atoms with Crippen LogP contribution in [0.5, 0.6) is 0 Å². The Bertz CT molecular complexity index is 3180. The van der Waals surface area contributed by atoms with E-state index in [1.165, 1.54) is 0 Å². The average molecular weight is 1110 g/mol. The van der Waals surface area contributed by atoms with Gasteiger partial charge in [-0.2, -0.15) is 10.2 Å². The van der Waals surface area contributed by atoms with E-state index in [-0.39, 0.29) is 26.3 Å². The molecule has 2 heterocycles. The van der Waals surface area contributed by atoms with Crippen LogP contribution in [-0.2, 0) is 26.3 Å². The number of nitrogens with zero attached hydrogens (tertiary/aromatic N) is 8. The van der Waals surface area contributed by atoms with E-state index < -0.39 is 0 Å². The van der Waals surface area contributed by atoms with Crippen LogP contribution >= 0.6 is 40.4 Å². The number of aromatic nitrogens is 4. The van der Waals surface area contributed by atoms with Crippen LogP contribution in [0, 0.1) is 27.7 Å². The first-order valence-corrected chi connectivity index (χ1v) is 28.6. The number of hydrogen-bond donors (Lipinski definition) is 0. The Balaban J connectivity index is 0.000000191. The van der Waals surface area contributed by atoms with Gasteiger partial charge in [-0.3, -0.25) is 9.98 Å². The Hall–Kier alpha value is -6.42. The minimum absolute atomic E-state index is 0.194. The van der Waals surface area contributed by atoms with Crippen molar-refractivity contribution in [1.82, 2.24) is 19.6 Å². The van der Waals surface area contributed by atoms with Crippen LogP contribution in [0.4, 0.5) is 22.7 Å². The Labute approximate surface area is 450 Å². The van der Waals surface area contributed by atoms with E-state index in [4.69, 9.17) is 60.6 Å². The third kappa shape index (κ3) is 14.0. The van der Waals surface area contributed by atoms with E-state index in [0.29, 0.717) is 0 Å². The van der Waals surface area contributed by atoms with Crippen molar-refractivity contribution in [3.8, 4) is 0 Å². The number of fused-ring (bicyclic) bond motifs is 2. The number of para-hydroxylation sites is 6. The van der Waals surface area contributed by atoms with Crippen molar-refractivity contribution in [2.75, 3.05) is 0 Å². The van der Waals surface area contributed by atoms with E-state index >= 15 is 0 Å². The molecule has 0 unspecified atom stereocenters. The van der Waals surface area contributed by atoms with Crippen LogP contribution in [0.1, 0.15) is 44.8 Å². The van der Waals surface area contributed by atoms with Crippen molar-refractivity contribution in [2.45, 2.75) is 27.7 Å². The molecule has 364 valence electrons. The summed E-state index contributed by atoms with van der Waals surface area (Å²) in [7, 11) is 19.1. The summed E-state index contributed by atoms with van der Waals surface area (Å²) in [6.07, 6.45) is 3.66. The van der Waals surface area contributed by atoms with Crippen LogP contribution < -0.4 is 0 Å². The summed E-state index contributed by atoms with van der Waals surface area (Å²) < 4.78 is 3.87. The van der Waals surface area contributed by atoms with Crippen LogP contribution in [0.25, 0.3) is 21.8 Å². The second-order valence-corrected chi connectivity index (χ2v) is 19.6. The van der Waals surface area contributed by atoms with Gasteiger partial charge in [-0.05, 0) is 86.3 Å². The summed E-state index contributed by atoms with van der Waals surface area (Å²) in [5.74, 6) is 1.56. The molecule has 72 heavy (non-hydrogen) atoms. The van der Waals surface area contributed by atoms with Gasteiger partial charge in [0, 0.05) is 21.9 Å². The van der Waals surface area contributed by atoms with E-state index in [1.807, 2.05) is 143 Å². The fourth-order valence-corrected chi connectivity index (χ4v) is 7.81. The van der Waals surface area contributed by atoms with E-state index in [2.05, 4.69) is 123 Å². The third-order valence-electron chi connectivity index (χ3n) is 11.2. The first kappa shape index (κ1) is 53.4. The van der Waals surface area contributed by atoms with Crippen molar-refractivity contribution in [2.24, 2.45) is 20.0 Å². The maximum absolute atomic E-state index is 5.15. The van der Waals surface area contributed by atoms with Gasteiger partial charge < -0.3 is 0 Å². The number of rotatable bonds is 8. The number of aryl methyl sites for hydroxylation is 4. The van der Waals surface area contributed by atoms with Gasteiger partial charge in [0.2, 0.25) is 0 Å². The normalized spacial score (nSPS) is 11.6. The Morgan fingerprint density at radius 1 is 0.389 bits per heavy atom. The Morgan fingerprint density at radius 2 is 0.681 bits per heavy atom. The van der Waals surface area contributed by atoms with Crippen molar-refractivity contribution >= 4 is 109 Å². The fraction of sp³-hybridized carbons (Fsp3) is 0.0690. The molecule has 0 aliphatic carbocycles. The van der Waals surface area contributed by atoms with Crippen LogP contribution in [0.2, 0.25) is 0 Å². The molecule has 2 aromatic heterocycles. The van der Waals surface area contributed by atoms with Gasteiger partial charge in [0.05, 0.1) is 46.2 Å². The van der Waals surface area contributed by atoms with Gasteiger partial charge in [-0.25, -0.2) is 19.3 Å². The van der Waals surface area contributed by atoms with E-state index in [9.17, 15) is 0 Å². The monoisotopic (exact) mass is 1110 g/mol. The Morgan fingerprint density at radius 3 is 1.01 bits per heavy atom. The summed E-state index contributed by atoms with van der Waals surface area (Å²) in [4.78, 5) is 19.6. The molecule has 0 spiro atoms. The third-order valence-corrected chi connectivity index (χ3v) is 11.2. The molecule has 8 nitrogen and oxygen atoms in total. The summed E-state index contributed by atoms with van der Waals surface area (Å²) >= 11 is 0.389. The zero-order valence-electron chi connectivity index (χ0n) is 39.6. The van der Waals surface area contributed by atoms with Gasteiger partial charge in [-0.1, -0.05) is 170 Å². The molecule has 0 atom stereocenters. The second-order valence-electron chi connectivity index (χ2n) is 16.0. The SMILES string of the molecule is Cc1cccc(C)c1N=C(c1ccccc1)n1nc(C=Nc2ccccc2)c2ccccc21.Cc1cccc(C)c1N=C(c1ccccc1)n1nc(C=Nc2ccccc2)c2ccccc21.[Cl][Fe][Cl].[Cl][Fe][Cl]. The van der Waals surface area contributed by atoms with Crippen molar-refractivity contribution in [1.29, 1.82) is 0 Å². The van der Waals surface area contributed by atoms with Gasteiger partial charge >= 0.3 is 66.7 Å². The first-order valence-electron chi connectivity index (χ1n) is 22.5. The standard InChI is InChI=1S/2C29H24N4.4ClH.2Fe/c2*1-21-12-11-13-22(2)28(21)31-29(23-14-5-3-6-15-23)33-27-19-10-9-18-25(27)26(32-33)20-30-24-16-7-4-8-17-24;;;;;;/h2*3-20H,1-2H3;4*1H;;/q;;;;;;2*+2/p-4. The predicted octanol–water partition coefficient (Wildman–Crippen LogP) is 16.8. The van der Waals surface area contributed by atoms with Gasteiger partial charge in [0.1, 0.15) is 11.4 Å². The molecular formula is C58H48Cl4Fe2N8. The van der Waals surface area contributed by atoms with Gasteiger partial charge in [0.15, 0.2) is 11.7 Å². The van der Waals surface area contributed by atoms with E-state index in [0.717, 1.165) is 101 Å². The molecule has 0 fully saturated rings. The molecule has 14 heteroatoms. The van der Waals surface area contributed by atoms with Crippen LogP contribution in [0.15, 0.2) is 226 Å². The summed E-state index contributed by atoms with van der Waals surface area (Å²) in [6, 6.07) is 69.1. The fourth-order valence-electron chi connectivity index (χ4n) is 7.81. The maximum atomic E-state index is 5.15. The van der Waals surface area contributed by atoms with Gasteiger partial charge in [0.25, 0.3) is 0 Å². The summed E-state index contributed by atoms with van der Waals surface area (Å²) in [6.45, 7) is 8.36. The molecule has 0 aliphatic heterocycles. The molecule has 8 aromatic carbocycles. The summed E-state index contributed by atoms with van der Waals surface area (Å²) in [5.41, 5.74) is 13.8. The minimum atomic E-state index is 0.194. The zero-order valence-corrected chi connectivity index (χ0v) is 44.8. The van der Waals surface area contributed by atoms with Crippen LogP contribution in [0.3, 0.4) is 0 Å². The molecule has 10 aromatic rings. The first-order chi connectivity index (χ1) is 35.2. The Kier molecular flexibility index (Phi) is 20.3. The quantitative estimate of drug-likeness (QED) is 0.0862. The second kappa shape index (κ2) is 27.4. The molecule has 0 N–H and O–H groups in total. The molecular weight excluding hydrogens is 1060 g/mol. The molecule has 0 amide bonds. The van der Waals surface area contributed by atoms with Crippen molar-refractivity contribution in [3.05, 3.63) is 251 Å². The number of aliphatic imine (C=N–C) groups is 4. The predicted molar refractivity (Wildman–Crippen MR) is 298 cm³/mol. The zero-order chi connectivity index (χ0) is 50.7. The molecule has 0 saturated heterocycles. The van der Waals surface area contributed by atoms with Crippen LogP contribution in [-0.4, -0.2) is 43.7 Å². The number of halogens is 4. The number of hydrogen-bond acceptors (Lipinski definition) is 6. The molecule has 0 radical (unpaired) electrons. The molecule has 0 saturated carbocycles. The molecule has 0 aliphatic rings.